The number of hydrogen-bond donors (Lipinski definition) is 0. The zero-order valence-corrected chi connectivity index (χ0v) is 13.2. The maximum Gasteiger partial charge on any atom is -0.0109 e. The molecule has 0 aromatic heterocycles. The summed E-state index contributed by atoms with van der Waals surface area (Å²) < 4.78 is 0. The van der Waals surface area contributed by atoms with E-state index in [1.54, 1.807) is 6.08 Å². The fourth-order valence-electron chi connectivity index (χ4n) is 1.77. The average Bonchev–Trinajstić information content (AvgIpc) is 2.49. The minimum Gasteiger partial charge on any atom is -0.0985 e. The molecule has 1 rings (SSSR count). The fourth-order valence-corrected chi connectivity index (χ4v) is 1.77. The molecule has 0 fully saturated rings. The van der Waals surface area contributed by atoms with E-state index in [0.29, 0.717) is 0 Å². The molecule has 0 aliphatic carbocycles. The van der Waals surface area contributed by atoms with Gasteiger partial charge in [-0.25, -0.2) is 0 Å². The largest absolute Gasteiger partial charge is 0.0985 e. The van der Waals surface area contributed by atoms with Crippen LogP contribution in [0.25, 0.3) is 5.57 Å². The normalized spacial score (nSPS) is 11.2. The highest BCUT2D eigenvalue weighted by molar-refractivity contribution is 5.82. The molecule has 0 amide bonds. The first-order valence-electron chi connectivity index (χ1n) is 7.02. The molecule has 0 radical (unpaired) electrons. The molecular formula is C20H26. The van der Waals surface area contributed by atoms with Gasteiger partial charge in [0.15, 0.2) is 0 Å². The van der Waals surface area contributed by atoms with Gasteiger partial charge in [0.2, 0.25) is 0 Å². The molecule has 0 unspecified atom stereocenters. The van der Waals surface area contributed by atoms with Crippen LogP contribution in [0.2, 0.25) is 0 Å². The summed E-state index contributed by atoms with van der Waals surface area (Å²) in [5.74, 6) is 0. The molecule has 0 heterocycles. The highest BCUT2D eigenvalue weighted by atomic mass is 14.1. The molecule has 0 aliphatic rings. The maximum atomic E-state index is 4.01. The quantitative estimate of drug-likeness (QED) is 0.550. The smallest absolute Gasteiger partial charge is 0.0109 e. The molecule has 0 heteroatoms. The lowest BCUT2D eigenvalue weighted by atomic mass is 9.94. The van der Waals surface area contributed by atoms with Gasteiger partial charge >= 0.3 is 0 Å². The Bertz CT molecular complexity index is 507. The molecule has 0 nitrogen and oxygen atoms in total. The van der Waals surface area contributed by atoms with E-state index in [9.17, 15) is 0 Å². The first kappa shape index (κ1) is 17.9. The summed E-state index contributed by atoms with van der Waals surface area (Å²) in [6.07, 6.45) is 7.69. The van der Waals surface area contributed by atoms with Crippen LogP contribution in [0.1, 0.15) is 31.9 Å². The van der Waals surface area contributed by atoms with Crippen LogP contribution >= 0.6 is 0 Å². The Balaban J connectivity index is 0.00000172. The van der Waals surface area contributed by atoms with Crippen molar-refractivity contribution in [2.45, 2.75) is 27.7 Å². The van der Waals surface area contributed by atoms with Crippen LogP contribution in [0.15, 0.2) is 79.5 Å². The van der Waals surface area contributed by atoms with E-state index >= 15 is 0 Å². The van der Waals surface area contributed by atoms with Crippen molar-refractivity contribution < 1.29 is 0 Å². The van der Waals surface area contributed by atoms with Gasteiger partial charge in [0.1, 0.15) is 0 Å². The molecule has 1 aromatic carbocycles. The maximum absolute atomic E-state index is 4.01. The van der Waals surface area contributed by atoms with Crippen molar-refractivity contribution in [3.05, 3.63) is 90.6 Å². The molecule has 0 aliphatic heterocycles. The van der Waals surface area contributed by atoms with Crippen molar-refractivity contribution in [3.63, 3.8) is 0 Å². The first-order valence-corrected chi connectivity index (χ1v) is 7.02. The van der Waals surface area contributed by atoms with Gasteiger partial charge in [-0.1, -0.05) is 87.7 Å². The van der Waals surface area contributed by atoms with E-state index < -0.39 is 0 Å². The number of rotatable bonds is 5. The number of allylic oxidation sites excluding steroid dienone is 7. The van der Waals surface area contributed by atoms with Crippen molar-refractivity contribution in [2.24, 2.45) is 0 Å². The summed E-state index contributed by atoms with van der Waals surface area (Å²) in [4.78, 5) is 0. The second kappa shape index (κ2) is 9.80. The lowest BCUT2D eigenvalue weighted by Gasteiger charge is -2.10. The Morgan fingerprint density at radius 3 is 1.95 bits per heavy atom. The first-order chi connectivity index (χ1) is 9.63. The molecule has 0 N–H and O–H groups in total. The second-order valence-electron chi connectivity index (χ2n) is 4.13. The van der Waals surface area contributed by atoms with Crippen LogP contribution in [0.3, 0.4) is 0 Å². The Hall–Kier alpha value is -2.08. The van der Waals surface area contributed by atoms with Crippen LogP contribution in [0.4, 0.5) is 0 Å². The third-order valence-electron chi connectivity index (χ3n) is 2.78. The Morgan fingerprint density at radius 1 is 1.00 bits per heavy atom. The van der Waals surface area contributed by atoms with Gasteiger partial charge < -0.3 is 0 Å². The van der Waals surface area contributed by atoms with Crippen LogP contribution in [-0.2, 0) is 0 Å². The SMILES string of the molecule is C=CC(=C)/C(C=C)=C(\C=C/C)c1ccc(C)cc1.CC. The van der Waals surface area contributed by atoms with E-state index in [1.807, 2.05) is 32.9 Å². The van der Waals surface area contributed by atoms with Crippen molar-refractivity contribution in [1.82, 2.24) is 0 Å². The summed E-state index contributed by atoms with van der Waals surface area (Å²) >= 11 is 0. The number of benzene rings is 1. The van der Waals surface area contributed by atoms with Gasteiger partial charge in [-0.3, -0.25) is 0 Å². The molecular weight excluding hydrogens is 240 g/mol. The van der Waals surface area contributed by atoms with Crippen molar-refractivity contribution in [2.75, 3.05) is 0 Å². The highest BCUT2D eigenvalue weighted by Gasteiger charge is 2.05. The predicted molar refractivity (Wildman–Crippen MR) is 93.8 cm³/mol. The zero-order valence-electron chi connectivity index (χ0n) is 13.2. The third-order valence-corrected chi connectivity index (χ3v) is 2.78. The highest BCUT2D eigenvalue weighted by Crippen LogP contribution is 2.26. The lowest BCUT2D eigenvalue weighted by molar-refractivity contribution is 1.44. The Kier molecular flexibility index (Phi) is 8.78. The van der Waals surface area contributed by atoms with E-state index in [4.69, 9.17) is 0 Å². The van der Waals surface area contributed by atoms with Gasteiger partial charge in [-0.15, -0.1) is 0 Å². The fraction of sp³-hybridized carbons (Fsp3) is 0.200. The van der Waals surface area contributed by atoms with Crippen LogP contribution in [0, 0.1) is 6.92 Å². The standard InChI is InChI=1S/C18H20.C2H6/c1-6-9-18(17(8-3)15(5)7-2)16-12-10-14(4)11-13-16;1-2/h6-13H,2-3,5H2,1,4H3;1-2H3/b9-6-,18-17+;. The zero-order chi connectivity index (χ0) is 15.5. The van der Waals surface area contributed by atoms with E-state index in [-0.39, 0.29) is 0 Å². The lowest BCUT2D eigenvalue weighted by Crippen LogP contribution is -1.90. The van der Waals surface area contributed by atoms with Gasteiger partial charge in [0.25, 0.3) is 0 Å². The molecule has 0 atom stereocenters. The molecule has 0 spiro atoms. The van der Waals surface area contributed by atoms with Crippen molar-refractivity contribution in [3.8, 4) is 0 Å². The Labute approximate surface area is 124 Å². The van der Waals surface area contributed by atoms with Gasteiger partial charge in [-0.05, 0) is 36.1 Å². The number of aryl methyl sites for hydroxylation is 1. The summed E-state index contributed by atoms with van der Waals surface area (Å²) in [6, 6.07) is 8.45. The van der Waals surface area contributed by atoms with Crippen LogP contribution in [0.5, 0.6) is 0 Å². The molecule has 0 saturated carbocycles. The second-order valence-corrected chi connectivity index (χ2v) is 4.13. The monoisotopic (exact) mass is 266 g/mol. The molecule has 20 heavy (non-hydrogen) atoms. The topological polar surface area (TPSA) is 0 Å². The van der Waals surface area contributed by atoms with Gasteiger partial charge in [-0.2, -0.15) is 0 Å². The molecule has 1 aromatic rings. The van der Waals surface area contributed by atoms with E-state index in [1.165, 1.54) is 5.56 Å². The van der Waals surface area contributed by atoms with Gasteiger partial charge in [0.05, 0.1) is 0 Å². The summed E-state index contributed by atoms with van der Waals surface area (Å²) in [7, 11) is 0. The van der Waals surface area contributed by atoms with Gasteiger partial charge in [0, 0.05) is 0 Å². The average molecular weight is 266 g/mol. The summed E-state index contributed by atoms with van der Waals surface area (Å²) in [5.41, 5.74) is 5.45. The predicted octanol–water partition coefficient (Wildman–Crippen LogP) is 6.28. The molecule has 0 saturated heterocycles. The Morgan fingerprint density at radius 2 is 1.55 bits per heavy atom. The van der Waals surface area contributed by atoms with Crippen LogP contribution < -0.4 is 0 Å². The van der Waals surface area contributed by atoms with Crippen molar-refractivity contribution >= 4 is 5.57 Å². The third kappa shape index (κ3) is 4.89. The summed E-state index contributed by atoms with van der Waals surface area (Å²) in [5, 5.41) is 0. The number of hydrogen-bond acceptors (Lipinski definition) is 0. The molecule has 0 bridgehead atoms. The minimum atomic E-state index is 0.888. The van der Waals surface area contributed by atoms with Crippen molar-refractivity contribution in [1.29, 1.82) is 0 Å². The van der Waals surface area contributed by atoms with E-state index in [2.05, 4.69) is 57.0 Å². The molecule has 106 valence electrons. The summed E-state index contributed by atoms with van der Waals surface area (Å²) in [6.45, 7) is 19.7. The minimum absolute atomic E-state index is 0.888. The van der Waals surface area contributed by atoms with Crippen LogP contribution in [-0.4, -0.2) is 0 Å². The van der Waals surface area contributed by atoms with E-state index in [0.717, 1.165) is 22.3 Å².